The van der Waals surface area contributed by atoms with E-state index in [1.54, 1.807) is 6.20 Å². The minimum Gasteiger partial charge on any atom is -0.439 e. The minimum absolute atomic E-state index is 0.553. The van der Waals surface area contributed by atoms with Gasteiger partial charge in [-0.1, -0.05) is 23.7 Å². The van der Waals surface area contributed by atoms with Crippen molar-refractivity contribution < 1.29 is 4.42 Å². The number of hydrogen-bond acceptors (Lipinski definition) is 3. The second-order valence-electron chi connectivity index (χ2n) is 5.30. The molecule has 3 aromatic rings. The summed E-state index contributed by atoms with van der Waals surface area (Å²) >= 11 is 5.89. The number of aromatic nitrogens is 1. The van der Waals surface area contributed by atoms with Crippen LogP contribution in [-0.2, 0) is 6.54 Å². The van der Waals surface area contributed by atoms with Crippen molar-refractivity contribution >= 4 is 17.3 Å². The van der Waals surface area contributed by atoms with Gasteiger partial charge in [-0.2, -0.15) is 0 Å². The lowest BCUT2D eigenvalue weighted by Gasteiger charge is -2.08. The summed E-state index contributed by atoms with van der Waals surface area (Å²) in [6, 6.07) is 13.9. The average Bonchev–Trinajstić information content (AvgIpc) is 2.98. The molecule has 0 saturated carbocycles. The number of oxazole rings is 1. The zero-order valence-electron chi connectivity index (χ0n) is 12.6. The highest BCUT2D eigenvalue weighted by Gasteiger charge is 2.07. The van der Waals surface area contributed by atoms with Gasteiger partial charge in [0.1, 0.15) is 0 Å². The Morgan fingerprint density at radius 1 is 1.09 bits per heavy atom. The van der Waals surface area contributed by atoms with Crippen molar-refractivity contribution in [3.05, 3.63) is 70.7 Å². The van der Waals surface area contributed by atoms with E-state index in [1.165, 1.54) is 11.1 Å². The molecule has 0 unspecified atom stereocenters. The summed E-state index contributed by atoms with van der Waals surface area (Å²) in [7, 11) is 0. The van der Waals surface area contributed by atoms with Crippen molar-refractivity contribution in [1.29, 1.82) is 0 Å². The molecular formula is C18H17ClN2O. The molecule has 22 heavy (non-hydrogen) atoms. The summed E-state index contributed by atoms with van der Waals surface area (Å²) < 4.78 is 5.78. The van der Waals surface area contributed by atoms with E-state index in [1.807, 2.05) is 24.3 Å². The highest BCUT2D eigenvalue weighted by Crippen LogP contribution is 2.23. The summed E-state index contributed by atoms with van der Waals surface area (Å²) in [5.74, 6) is 1.40. The van der Waals surface area contributed by atoms with Crippen molar-refractivity contribution in [1.82, 2.24) is 4.98 Å². The number of benzene rings is 2. The second kappa shape index (κ2) is 6.24. The van der Waals surface area contributed by atoms with Gasteiger partial charge in [0.15, 0.2) is 5.76 Å². The fraction of sp³-hybridized carbons (Fsp3) is 0.167. The van der Waals surface area contributed by atoms with Gasteiger partial charge in [0, 0.05) is 16.3 Å². The first-order chi connectivity index (χ1) is 10.6. The maximum Gasteiger partial charge on any atom is 0.214 e. The molecule has 112 valence electrons. The minimum atomic E-state index is 0.553. The van der Waals surface area contributed by atoms with Gasteiger partial charge in [-0.15, -0.1) is 0 Å². The number of halogens is 1. The Morgan fingerprint density at radius 3 is 2.64 bits per heavy atom. The first-order valence-electron chi connectivity index (χ1n) is 7.13. The fourth-order valence-corrected chi connectivity index (χ4v) is 2.36. The Labute approximate surface area is 135 Å². The lowest BCUT2D eigenvalue weighted by Crippen LogP contribution is -2.01. The first kappa shape index (κ1) is 14.7. The third-order valence-corrected chi connectivity index (χ3v) is 3.76. The second-order valence-corrected chi connectivity index (χ2v) is 5.73. The topological polar surface area (TPSA) is 38.1 Å². The third-order valence-electron chi connectivity index (χ3n) is 3.51. The molecule has 0 aliphatic carbocycles. The summed E-state index contributed by atoms with van der Waals surface area (Å²) in [6.45, 7) is 4.71. The van der Waals surface area contributed by atoms with Gasteiger partial charge < -0.3 is 9.73 Å². The molecule has 0 radical (unpaired) electrons. The first-order valence-corrected chi connectivity index (χ1v) is 7.51. The zero-order chi connectivity index (χ0) is 15.5. The Bertz CT molecular complexity index is 778. The van der Waals surface area contributed by atoms with E-state index in [-0.39, 0.29) is 0 Å². The largest absolute Gasteiger partial charge is 0.439 e. The fourth-order valence-electron chi connectivity index (χ4n) is 2.24. The zero-order valence-corrected chi connectivity index (χ0v) is 13.3. The van der Waals surface area contributed by atoms with E-state index in [0.29, 0.717) is 17.5 Å². The number of aryl methyl sites for hydroxylation is 2. The molecule has 0 atom stereocenters. The lowest BCUT2D eigenvalue weighted by atomic mass is 10.1. The molecule has 1 aromatic heterocycles. The Balaban J connectivity index is 1.72. The van der Waals surface area contributed by atoms with Gasteiger partial charge >= 0.3 is 0 Å². The lowest BCUT2D eigenvalue weighted by molar-refractivity contribution is 0.516. The smallest absolute Gasteiger partial charge is 0.214 e. The average molecular weight is 313 g/mol. The van der Waals surface area contributed by atoms with Crippen molar-refractivity contribution in [3.63, 3.8) is 0 Å². The summed E-state index contributed by atoms with van der Waals surface area (Å²) in [5, 5.41) is 4.08. The molecule has 1 N–H and O–H groups in total. The van der Waals surface area contributed by atoms with Crippen LogP contribution in [0.5, 0.6) is 0 Å². The predicted molar refractivity (Wildman–Crippen MR) is 90.2 cm³/mol. The van der Waals surface area contributed by atoms with Crippen molar-refractivity contribution in [2.24, 2.45) is 0 Å². The highest BCUT2D eigenvalue weighted by molar-refractivity contribution is 6.30. The van der Waals surface area contributed by atoms with Crippen LogP contribution in [0, 0.1) is 13.8 Å². The molecule has 0 fully saturated rings. The van der Waals surface area contributed by atoms with E-state index >= 15 is 0 Å². The quantitative estimate of drug-likeness (QED) is 0.717. The van der Waals surface area contributed by atoms with Gasteiger partial charge in [-0.3, -0.25) is 0 Å². The molecule has 0 spiro atoms. The predicted octanol–water partition coefficient (Wildman–Crippen LogP) is 5.22. The van der Waals surface area contributed by atoms with Crippen molar-refractivity contribution in [2.45, 2.75) is 20.4 Å². The van der Waals surface area contributed by atoms with Gasteiger partial charge in [-0.05, 0) is 55.3 Å². The van der Waals surface area contributed by atoms with Gasteiger partial charge in [-0.25, -0.2) is 4.98 Å². The van der Waals surface area contributed by atoms with Crippen LogP contribution in [0.25, 0.3) is 11.3 Å². The van der Waals surface area contributed by atoms with Crippen LogP contribution in [0.1, 0.15) is 17.0 Å². The van der Waals surface area contributed by atoms with E-state index in [4.69, 9.17) is 16.0 Å². The van der Waals surface area contributed by atoms with Crippen LogP contribution in [0.15, 0.2) is 53.1 Å². The van der Waals surface area contributed by atoms with E-state index < -0.39 is 0 Å². The molecule has 4 heteroatoms. The monoisotopic (exact) mass is 312 g/mol. The highest BCUT2D eigenvalue weighted by atomic mass is 35.5. The molecule has 3 nitrogen and oxygen atoms in total. The molecule has 3 rings (SSSR count). The number of nitrogens with one attached hydrogen (secondary N) is 1. The van der Waals surface area contributed by atoms with Crippen LogP contribution in [0.3, 0.4) is 0 Å². The SMILES string of the molecule is Cc1ccc(C)c(NCc2ncc(-c3ccc(Cl)cc3)o2)c1. The van der Waals surface area contributed by atoms with Crippen LogP contribution < -0.4 is 5.32 Å². The molecule has 2 aromatic carbocycles. The Hall–Kier alpha value is -2.26. The van der Waals surface area contributed by atoms with Crippen LogP contribution in [-0.4, -0.2) is 4.98 Å². The number of anilines is 1. The summed E-state index contributed by atoms with van der Waals surface area (Å²) in [4.78, 5) is 4.32. The summed E-state index contributed by atoms with van der Waals surface area (Å²) in [5.41, 5.74) is 4.50. The van der Waals surface area contributed by atoms with Crippen LogP contribution in [0.2, 0.25) is 5.02 Å². The molecule has 0 saturated heterocycles. The molecule has 0 bridgehead atoms. The van der Waals surface area contributed by atoms with E-state index in [0.717, 1.165) is 17.0 Å². The third kappa shape index (κ3) is 3.31. The number of nitrogens with zero attached hydrogens (tertiary/aromatic N) is 1. The van der Waals surface area contributed by atoms with Crippen LogP contribution >= 0.6 is 11.6 Å². The van der Waals surface area contributed by atoms with Gasteiger partial charge in [0.05, 0.1) is 12.7 Å². The normalized spacial score (nSPS) is 10.7. The van der Waals surface area contributed by atoms with Gasteiger partial charge in [0.2, 0.25) is 5.89 Å². The number of hydrogen-bond donors (Lipinski definition) is 1. The van der Waals surface area contributed by atoms with Gasteiger partial charge in [0.25, 0.3) is 0 Å². The maximum absolute atomic E-state index is 5.89. The molecule has 0 amide bonds. The Kier molecular flexibility index (Phi) is 4.16. The van der Waals surface area contributed by atoms with Crippen molar-refractivity contribution in [3.8, 4) is 11.3 Å². The molecule has 1 heterocycles. The van der Waals surface area contributed by atoms with E-state index in [9.17, 15) is 0 Å². The molecular weight excluding hydrogens is 296 g/mol. The maximum atomic E-state index is 5.89. The molecule has 0 aliphatic rings. The standard InChI is InChI=1S/C18H17ClN2O/c1-12-3-4-13(2)16(9-12)20-11-18-21-10-17(22-18)14-5-7-15(19)8-6-14/h3-10,20H,11H2,1-2H3. The van der Waals surface area contributed by atoms with Crippen LogP contribution in [0.4, 0.5) is 5.69 Å². The van der Waals surface area contributed by atoms with E-state index in [2.05, 4.69) is 42.3 Å². The molecule has 0 aliphatic heterocycles. The summed E-state index contributed by atoms with van der Waals surface area (Å²) in [6.07, 6.45) is 1.74. The number of rotatable bonds is 4. The Morgan fingerprint density at radius 2 is 1.86 bits per heavy atom. The van der Waals surface area contributed by atoms with Crippen molar-refractivity contribution in [2.75, 3.05) is 5.32 Å².